The molecule has 2 unspecified atom stereocenters. The van der Waals surface area contributed by atoms with Gasteiger partial charge in [0.1, 0.15) is 11.5 Å². The summed E-state index contributed by atoms with van der Waals surface area (Å²) in [6, 6.07) is 16.2. The van der Waals surface area contributed by atoms with Crippen LogP contribution in [0.4, 0.5) is 0 Å². The van der Waals surface area contributed by atoms with E-state index >= 15 is 0 Å². The molecule has 0 heterocycles. The van der Waals surface area contributed by atoms with E-state index < -0.39 is 0 Å². The molecule has 2 atom stereocenters. The summed E-state index contributed by atoms with van der Waals surface area (Å²) in [7, 11) is 3.31. The largest absolute Gasteiger partial charge is 0.497 e. The van der Waals surface area contributed by atoms with Crippen LogP contribution in [0.25, 0.3) is 0 Å². The number of carbonyl (C=O) groups is 1. The molecule has 0 aliphatic heterocycles. The van der Waals surface area contributed by atoms with Crippen LogP contribution in [0.3, 0.4) is 0 Å². The van der Waals surface area contributed by atoms with Crippen molar-refractivity contribution in [2.75, 3.05) is 14.2 Å². The maximum absolute atomic E-state index is 11.9. The smallest absolute Gasteiger partial charge is 0.220 e. The lowest BCUT2D eigenvalue weighted by Crippen LogP contribution is -2.42. The van der Waals surface area contributed by atoms with Crippen molar-refractivity contribution >= 4 is 5.91 Å². The van der Waals surface area contributed by atoms with Gasteiger partial charge in [0.05, 0.1) is 14.2 Å². The van der Waals surface area contributed by atoms with Gasteiger partial charge in [0.15, 0.2) is 0 Å². The molecule has 0 fully saturated rings. The molecule has 0 aliphatic carbocycles. The molecule has 1 amide bonds. The minimum atomic E-state index is -0.340. The normalized spacial score (nSPS) is 13.7. The van der Waals surface area contributed by atoms with Crippen molar-refractivity contribution in [1.29, 1.82) is 0 Å². The van der Waals surface area contributed by atoms with Crippen LogP contribution in [0.1, 0.15) is 38.3 Å². The number of amides is 1. The standard InChI is InChI=1S/C22H29NO3/c1-6-22(16(3)15(2)21(23)24,17-7-11-19(25-4)12-8-17)18-9-13-20(26-5)14-10-18/h7-16H,6H2,1-5H3,(H2,23,24). The molecule has 0 saturated heterocycles. The highest BCUT2D eigenvalue weighted by molar-refractivity contribution is 5.77. The Labute approximate surface area is 156 Å². The molecule has 0 aromatic heterocycles. The summed E-state index contributed by atoms with van der Waals surface area (Å²) in [5.41, 5.74) is 7.61. The minimum absolute atomic E-state index is 0.0202. The van der Waals surface area contributed by atoms with Crippen LogP contribution in [0.5, 0.6) is 11.5 Å². The van der Waals surface area contributed by atoms with Gasteiger partial charge in [-0.15, -0.1) is 0 Å². The van der Waals surface area contributed by atoms with Gasteiger partial charge < -0.3 is 15.2 Å². The predicted molar refractivity (Wildman–Crippen MR) is 105 cm³/mol. The Bertz CT molecular complexity index is 675. The number of methoxy groups -OCH3 is 2. The van der Waals surface area contributed by atoms with E-state index in [2.05, 4.69) is 38.1 Å². The molecular formula is C22H29NO3. The highest BCUT2D eigenvalue weighted by Gasteiger charge is 2.42. The maximum atomic E-state index is 11.9. The Kier molecular flexibility index (Phi) is 6.30. The van der Waals surface area contributed by atoms with Crippen molar-refractivity contribution in [1.82, 2.24) is 0 Å². The van der Waals surface area contributed by atoms with E-state index in [9.17, 15) is 4.79 Å². The van der Waals surface area contributed by atoms with E-state index in [-0.39, 0.29) is 23.2 Å². The molecule has 4 nitrogen and oxygen atoms in total. The molecule has 2 aromatic carbocycles. The second kappa shape index (κ2) is 8.26. The number of hydrogen-bond donors (Lipinski definition) is 1. The lowest BCUT2D eigenvalue weighted by molar-refractivity contribution is -0.123. The predicted octanol–water partition coefficient (Wildman–Crippen LogP) is 4.16. The summed E-state index contributed by atoms with van der Waals surface area (Å²) in [5.74, 6) is 1.09. The zero-order valence-corrected chi connectivity index (χ0v) is 16.3. The molecule has 0 bridgehead atoms. The van der Waals surface area contributed by atoms with Crippen molar-refractivity contribution in [2.24, 2.45) is 17.6 Å². The van der Waals surface area contributed by atoms with Crippen molar-refractivity contribution in [2.45, 2.75) is 32.6 Å². The lowest BCUT2D eigenvalue weighted by atomic mass is 9.61. The maximum Gasteiger partial charge on any atom is 0.220 e. The molecule has 0 aliphatic rings. The number of ether oxygens (including phenoxy) is 2. The van der Waals surface area contributed by atoms with Gasteiger partial charge in [-0.1, -0.05) is 45.0 Å². The summed E-state index contributed by atoms with van der Waals surface area (Å²) >= 11 is 0. The molecule has 0 radical (unpaired) electrons. The van der Waals surface area contributed by atoms with Crippen LogP contribution < -0.4 is 15.2 Å². The third kappa shape index (κ3) is 3.55. The summed E-state index contributed by atoms with van der Waals surface area (Å²) in [6.07, 6.45) is 0.838. The van der Waals surface area contributed by atoms with Gasteiger partial charge in [-0.25, -0.2) is 0 Å². The third-order valence-corrected chi connectivity index (χ3v) is 5.74. The zero-order valence-electron chi connectivity index (χ0n) is 16.3. The van der Waals surface area contributed by atoms with Crippen LogP contribution in [-0.2, 0) is 10.2 Å². The fourth-order valence-electron chi connectivity index (χ4n) is 3.87. The molecule has 0 saturated carbocycles. The Morgan fingerprint density at radius 2 is 1.31 bits per heavy atom. The molecule has 2 rings (SSSR count). The Hall–Kier alpha value is -2.49. The Balaban J connectivity index is 2.65. The average Bonchev–Trinajstić information content (AvgIpc) is 2.69. The quantitative estimate of drug-likeness (QED) is 0.773. The first-order valence-electron chi connectivity index (χ1n) is 8.99. The second-order valence-electron chi connectivity index (χ2n) is 6.76. The van der Waals surface area contributed by atoms with Gasteiger partial charge in [0.2, 0.25) is 5.91 Å². The molecule has 26 heavy (non-hydrogen) atoms. The zero-order chi connectivity index (χ0) is 19.3. The highest BCUT2D eigenvalue weighted by atomic mass is 16.5. The van der Waals surface area contributed by atoms with E-state index in [1.807, 2.05) is 31.2 Å². The molecule has 2 N–H and O–H groups in total. The van der Waals surface area contributed by atoms with E-state index in [4.69, 9.17) is 15.2 Å². The topological polar surface area (TPSA) is 61.6 Å². The van der Waals surface area contributed by atoms with Gasteiger partial charge >= 0.3 is 0 Å². The van der Waals surface area contributed by atoms with E-state index in [1.165, 1.54) is 0 Å². The Morgan fingerprint density at radius 1 is 0.923 bits per heavy atom. The van der Waals surface area contributed by atoms with Gasteiger partial charge in [-0.3, -0.25) is 4.79 Å². The van der Waals surface area contributed by atoms with Crippen LogP contribution in [0, 0.1) is 11.8 Å². The number of nitrogens with two attached hydrogens (primary N) is 1. The third-order valence-electron chi connectivity index (χ3n) is 5.74. The van der Waals surface area contributed by atoms with Gasteiger partial charge in [-0.2, -0.15) is 0 Å². The highest BCUT2D eigenvalue weighted by Crippen LogP contribution is 2.46. The lowest BCUT2D eigenvalue weighted by Gasteiger charge is -2.42. The van der Waals surface area contributed by atoms with E-state index in [1.54, 1.807) is 14.2 Å². The van der Waals surface area contributed by atoms with Crippen molar-refractivity contribution in [3.63, 3.8) is 0 Å². The number of hydrogen-bond acceptors (Lipinski definition) is 3. The first-order chi connectivity index (χ1) is 12.4. The van der Waals surface area contributed by atoms with Gasteiger partial charge in [0.25, 0.3) is 0 Å². The molecule has 140 valence electrons. The number of primary amides is 1. The monoisotopic (exact) mass is 355 g/mol. The summed E-state index contributed by atoms with van der Waals surface area (Å²) < 4.78 is 10.6. The molecule has 4 heteroatoms. The van der Waals surface area contributed by atoms with E-state index in [0.717, 1.165) is 29.0 Å². The Morgan fingerprint density at radius 3 is 1.58 bits per heavy atom. The van der Waals surface area contributed by atoms with Gasteiger partial charge in [-0.05, 0) is 47.7 Å². The summed E-state index contributed by atoms with van der Waals surface area (Å²) in [4.78, 5) is 11.9. The SMILES string of the molecule is CCC(c1ccc(OC)cc1)(c1ccc(OC)cc1)C(C)C(C)C(N)=O. The van der Waals surface area contributed by atoms with E-state index in [0.29, 0.717) is 0 Å². The first kappa shape index (κ1) is 19.8. The van der Waals surface area contributed by atoms with Crippen LogP contribution in [-0.4, -0.2) is 20.1 Å². The second-order valence-corrected chi connectivity index (χ2v) is 6.76. The molecular weight excluding hydrogens is 326 g/mol. The van der Waals surface area contributed by atoms with Crippen LogP contribution in [0.15, 0.2) is 48.5 Å². The van der Waals surface area contributed by atoms with Crippen molar-refractivity contribution < 1.29 is 14.3 Å². The summed E-state index contributed by atoms with van der Waals surface area (Å²) in [5, 5.41) is 0. The number of rotatable bonds is 8. The first-order valence-corrected chi connectivity index (χ1v) is 8.99. The van der Waals surface area contributed by atoms with Crippen LogP contribution >= 0.6 is 0 Å². The fourth-order valence-corrected chi connectivity index (χ4v) is 3.87. The fraction of sp³-hybridized carbons (Fsp3) is 0.409. The van der Waals surface area contributed by atoms with Crippen molar-refractivity contribution in [3.8, 4) is 11.5 Å². The van der Waals surface area contributed by atoms with Gasteiger partial charge in [0, 0.05) is 11.3 Å². The number of carbonyl (C=O) groups excluding carboxylic acids is 1. The molecule has 0 spiro atoms. The summed E-state index contributed by atoms with van der Waals surface area (Å²) in [6.45, 7) is 6.16. The minimum Gasteiger partial charge on any atom is -0.497 e. The molecule has 2 aromatic rings. The number of benzene rings is 2. The van der Waals surface area contributed by atoms with Crippen LogP contribution in [0.2, 0.25) is 0 Å². The average molecular weight is 355 g/mol. The van der Waals surface area contributed by atoms with Crippen molar-refractivity contribution in [3.05, 3.63) is 59.7 Å².